The van der Waals surface area contributed by atoms with Crippen LogP contribution in [0.1, 0.15) is 33.8 Å². The zero-order chi connectivity index (χ0) is 14.8. The molecule has 0 saturated carbocycles. The summed E-state index contributed by atoms with van der Waals surface area (Å²) in [5.74, 6) is -0.00745. The molecule has 0 aliphatic carbocycles. The van der Waals surface area contributed by atoms with E-state index in [1.165, 1.54) is 16.9 Å². The SMILES string of the molecule is Cc1ccccc1C(C)NC(=O)c1cc2ccccc2s1. The fourth-order valence-electron chi connectivity index (χ4n) is 2.51. The summed E-state index contributed by atoms with van der Waals surface area (Å²) in [5, 5.41) is 4.21. The van der Waals surface area contributed by atoms with E-state index in [1.807, 2.05) is 49.4 Å². The van der Waals surface area contributed by atoms with Gasteiger partial charge in [0.1, 0.15) is 0 Å². The highest BCUT2D eigenvalue weighted by Gasteiger charge is 2.14. The maximum absolute atomic E-state index is 12.4. The van der Waals surface area contributed by atoms with Crippen LogP contribution >= 0.6 is 11.3 Å². The first-order valence-corrected chi connectivity index (χ1v) is 7.82. The Bertz CT molecular complexity index is 758. The number of amides is 1. The van der Waals surface area contributed by atoms with Gasteiger partial charge < -0.3 is 5.32 Å². The number of rotatable bonds is 3. The van der Waals surface area contributed by atoms with Crippen LogP contribution in [0, 0.1) is 6.92 Å². The van der Waals surface area contributed by atoms with E-state index in [9.17, 15) is 4.79 Å². The summed E-state index contributed by atoms with van der Waals surface area (Å²) in [6.07, 6.45) is 0. The second kappa shape index (κ2) is 5.70. The van der Waals surface area contributed by atoms with E-state index < -0.39 is 0 Å². The van der Waals surface area contributed by atoms with Crippen molar-refractivity contribution >= 4 is 27.3 Å². The molecule has 3 aromatic rings. The lowest BCUT2D eigenvalue weighted by molar-refractivity contribution is 0.0944. The van der Waals surface area contributed by atoms with E-state index in [0.717, 1.165) is 20.5 Å². The Morgan fingerprint density at radius 1 is 1.10 bits per heavy atom. The fraction of sp³-hybridized carbons (Fsp3) is 0.167. The molecule has 0 bridgehead atoms. The first-order valence-electron chi connectivity index (χ1n) is 7.00. The predicted molar refractivity (Wildman–Crippen MR) is 88.9 cm³/mol. The Balaban J connectivity index is 1.81. The van der Waals surface area contributed by atoms with Gasteiger partial charge >= 0.3 is 0 Å². The Labute approximate surface area is 128 Å². The van der Waals surface area contributed by atoms with Gasteiger partial charge in [0.05, 0.1) is 10.9 Å². The predicted octanol–water partition coefficient (Wildman–Crippen LogP) is 4.70. The number of carbonyl (C=O) groups is 1. The molecule has 21 heavy (non-hydrogen) atoms. The Morgan fingerprint density at radius 2 is 1.81 bits per heavy atom. The molecule has 0 saturated heterocycles. The lowest BCUT2D eigenvalue weighted by Crippen LogP contribution is -2.26. The van der Waals surface area contributed by atoms with E-state index in [1.54, 1.807) is 0 Å². The van der Waals surface area contributed by atoms with Gasteiger partial charge in [0, 0.05) is 4.70 Å². The van der Waals surface area contributed by atoms with Crippen LogP contribution in [0.15, 0.2) is 54.6 Å². The molecule has 0 fully saturated rings. The van der Waals surface area contributed by atoms with E-state index in [0.29, 0.717) is 0 Å². The van der Waals surface area contributed by atoms with Crippen LogP contribution in [0.5, 0.6) is 0 Å². The molecule has 3 heteroatoms. The second-order valence-electron chi connectivity index (χ2n) is 5.20. The summed E-state index contributed by atoms with van der Waals surface area (Å²) in [7, 11) is 0. The summed E-state index contributed by atoms with van der Waals surface area (Å²) in [5.41, 5.74) is 2.36. The number of hydrogen-bond donors (Lipinski definition) is 1. The highest BCUT2D eigenvalue weighted by molar-refractivity contribution is 7.20. The number of aryl methyl sites for hydroxylation is 1. The normalized spacial score (nSPS) is 12.3. The van der Waals surface area contributed by atoms with Crippen molar-refractivity contribution in [3.63, 3.8) is 0 Å². The molecule has 0 aliphatic heterocycles. The average molecular weight is 295 g/mol. The van der Waals surface area contributed by atoms with Crippen LogP contribution in [-0.2, 0) is 0 Å². The summed E-state index contributed by atoms with van der Waals surface area (Å²) in [6.45, 7) is 4.09. The number of carbonyl (C=O) groups excluding carboxylic acids is 1. The van der Waals surface area contributed by atoms with E-state index in [4.69, 9.17) is 0 Å². The minimum absolute atomic E-state index is 0.00362. The Morgan fingerprint density at radius 3 is 2.57 bits per heavy atom. The molecule has 1 heterocycles. The van der Waals surface area contributed by atoms with E-state index >= 15 is 0 Å². The molecule has 106 valence electrons. The first kappa shape index (κ1) is 13.8. The van der Waals surface area contributed by atoms with Gasteiger partial charge in [-0.05, 0) is 42.5 Å². The summed E-state index contributed by atoms with van der Waals surface area (Å²) >= 11 is 1.53. The monoisotopic (exact) mass is 295 g/mol. The Kier molecular flexibility index (Phi) is 3.76. The van der Waals surface area contributed by atoms with Gasteiger partial charge in [-0.3, -0.25) is 4.79 Å². The molecule has 0 radical (unpaired) electrons. The standard InChI is InChI=1S/C18H17NOS/c1-12-7-3-5-9-15(12)13(2)19-18(20)17-11-14-8-4-6-10-16(14)21-17/h3-11,13H,1-2H3,(H,19,20). The van der Waals surface area contributed by atoms with Gasteiger partial charge in [0.25, 0.3) is 5.91 Å². The van der Waals surface area contributed by atoms with Gasteiger partial charge in [0.2, 0.25) is 0 Å². The summed E-state index contributed by atoms with van der Waals surface area (Å²) in [6, 6.07) is 18.2. The van der Waals surface area contributed by atoms with Crippen molar-refractivity contribution in [2.75, 3.05) is 0 Å². The Hall–Kier alpha value is -2.13. The van der Waals surface area contributed by atoms with Crippen molar-refractivity contribution in [2.24, 2.45) is 0 Å². The molecule has 1 N–H and O–H groups in total. The van der Waals surface area contributed by atoms with Crippen LogP contribution in [0.4, 0.5) is 0 Å². The van der Waals surface area contributed by atoms with E-state index in [-0.39, 0.29) is 11.9 Å². The summed E-state index contributed by atoms with van der Waals surface area (Å²) in [4.78, 5) is 13.2. The minimum atomic E-state index is -0.00745. The molecule has 1 amide bonds. The molecule has 3 rings (SSSR count). The number of fused-ring (bicyclic) bond motifs is 1. The zero-order valence-electron chi connectivity index (χ0n) is 12.1. The smallest absolute Gasteiger partial charge is 0.261 e. The van der Waals surface area contributed by atoms with Gasteiger partial charge in [-0.1, -0.05) is 42.5 Å². The quantitative estimate of drug-likeness (QED) is 0.745. The molecular formula is C18H17NOS. The molecule has 1 atom stereocenters. The highest BCUT2D eigenvalue weighted by atomic mass is 32.1. The van der Waals surface area contributed by atoms with Crippen molar-refractivity contribution in [2.45, 2.75) is 19.9 Å². The third kappa shape index (κ3) is 2.83. The molecule has 1 unspecified atom stereocenters. The van der Waals surface area contributed by atoms with Gasteiger partial charge in [0.15, 0.2) is 0 Å². The van der Waals surface area contributed by atoms with Gasteiger partial charge in [-0.25, -0.2) is 0 Å². The van der Waals surface area contributed by atoms with Crippen LogP contribution in [0.3, 0.4) is 0 Å². The second-order valence-corrected chi connectivity index (χ2v) is 6.28. The van der Waals surface area contributed by atoms with E-state index in [2.05, 4.69) is 24.4 Å². The van der Waals surface area contributed by atoms with Crippen LogP contribution in [-0.4, -0.2) is 5.91 Å². The number of benzene rings is 2. The maximum Gasteiger partial charge on any atom is 0.261 e. The number of nitrogens with one attached hydrogen (secondary N) is 1. The molecule has 1 aromatic heterocycles. The fourth-order valence-corrected chi connectivity index (χ4v) is 3.48. The van der Waals surface area contributed by atoms with Crippen molar-refractivity contribution in [1.29, 1.82) is 0 Å². The third-order valence-electron chi connectivity index (χ3n) is 3.65. The van der Waals surface area contributed by atoms with Gasteiger partial charge in [-0.15, -0.1) is 11.3 Å². The molecule has 2 nitrogen and oxygen atoms in total. The molecule has 0 spiro atoms. The van der Waals surface area contributed by atoms with Crippen LogP contribution in [0.25, 0.3) is 10.1 Å². The summed E-state index contributed by atoms with van der Waals surface area (Å²) < 4.78 is 1.14. The van der Waals surface area contributed by atoms with Crippen molar-refractivity contribution in [3.8, 4) is 0 Å². The van der Waals surface area contributed by atoms with Gasteiger partial charge in [-0.2, -0.15) is 0 Å². The lowest BCUT2D eigenvalue weighted by Gasteiger charge is -2.15. The maximum atomic E-state index is 12.4. The zero-order valence-corrected chi connectivity index (χ0v) is 12.9. The third-order valence-corrected chi connectivity index (χ3v) is 4.77. The highest BCUT2D eigenvalue weighted by Crippen LogP contribution is 2.26. The minimum Gasteiger partial charge on any atom is -0.345 e. The first-order chi connectivity index (χ1) is 10.1. The van der Waals surface area contributed by atoms with Crippen LogP contribution < -0.4 is 5.32 Å². The van der Waals surface area contributed by atoms with Crippen LogP contribution in [0.2, 0.25) is 0 Å². The molecule has 0 aliphatic rings. The van der Waals surface area contributed by atoms with Crippen molar-refractivity contribution in [3.05, 3.63) is 70.6 Å². The molecular weight excluding hydrogens is 278 g/mol. The number of hydrogen-bond acceptors (Lipinski definition) is 2. The average Bonchev–Trinajstić information content (AvgIpc) is 2.91. The number of thiophene rings is 1. The molecule has 2 aromatic carbocycles. The topological polar surface area (TPSA) is 29.1 Å². The largest absolute Gasteiger partial charge is 0.345 e. The lowest BCUT2D eigenvalue weighted by atomic mass is 10.0. The van der Waals surface area contributed by atoms with Crippen molar-refractivity contribution < 1.29 is 4.79 Å². The van der Waals surface area contributed by atoms with Crippen molar-refractivity contribution in [1.82, 2.24) is 5.32 Å².